The Bertz CT molecular complexity index is 156. The van der Waals surface area contributed by atoms with E-state index in [1.54, 1.807) is 20.4 Å². The molecule has 1 N–H and O–H groups in total. The van der Waals surface area contributed by atoms with Crippen molar-refractivity contribution in [2.45, 2.75) is 19.8 Å². The number of unbranched alkanes of at least 4 members (excludes halogenated alkanes) is 1. The number of urea groups is 1. The predicted octanol–water partition coefficient (Wildman–Crippen LogP) is 1.09. The Hall–Kier alpha value is -1.06. The van der Waals surface area contributed by atoms with Crippen LogP contribution in [0, 0.1) is 0 Å². The van der Waals surface area contributed by atoms with Gasteiger partial charge in [-0.25, -0.2) is 4.79 Å². The number of aliphatic imine (C=N–C) groups is 1. The molecular formula is C8H17N3O. The minimum Gasteiger partial charge on any atom is -0.341 e. The molecule has 0 aromatic heterocycles. The number of hydrogen-bond acceptors (Lipinski definition) is 2. The number of amides is 2. The van der Waals surface area contributed by atoms with E-state index in [1.165, 1.54) is 4.90 Å². The van der Waals surface area contributed by atoms with E-state index < -0.39 is 0 Å². The lowest BCUT2D eigenvalue weighted by Crippen LogP contribution is -2.33. The summed E-state index contributed by atoms with van der Waals surface area (Å²) in [6.45, 7) is 2.90. The molecule has 4 nitrogen and oxygen atoms in total. The van der Waals surface area contributed by atoms with E-state index >= 15 is 0 Å². The topological polar surface area (TPSA) is 44.7 Å². The van der Waals surface area contributed by atoms with Gasteiger partial charge in [0.05, 0.1) is 6.34 Å². The number of carbonyl (C=O) groups is 1. The van der Waals surface area contributed by atoms with Crippen LogP contribution in [0.2, 0.25) is 0 Å². The van der Waals surface area contributed by atoms with Crippen LogP contribution in [0.1, 0.15) is 19.8 Å². The molecule has 0 aromatic carbocycles. The van der Waals surface area contributed by atoms with E-state index in [0.717, 1.165) is 19.4 Å². The lowest BCUT2D eigenvalue weighted by molar-refractivity contribution is 0.229. The average Bonchev–Trinajstić information content (AvgIpc) is 2.10. The highest BCUT2D eigenvalue weighted by atomic mass is 16.2. The minimum absolute atomic E-state index is 0.143. The van der Waals surface area contributed by atoms with Crippen LogP contribution in [0.5, 0.6) is 0 Å². The van der Waals surface area contributed by atoms with Crippen molar-refractivity contribution in [3.05, 3.63) is 0 Å². The standard InChI is InChI=1S/C8H17N3O/c1-4-5-6-10-7-11(3)8(12)9-2/h7H,4-6H2,1-3H3,(H,9,12). The number of nitrogens with zero attached hydrogens (tertiary/aromatic N) is 2. The smallest absolute Gasteiger partial charge is 0.322 e. The van der Waals surface area contributed by atoms with Crippen molar-refractivity contribution in [3.8, 4) is 0 Å². The molecule has 0 aliphatic heterocycles. The molecule has 0 saturated carbocycles. The number of hydrogen-bond donors (Lipinski definition) is 1. The summed E-state index contributed by atoms with van der Waals surface area (Å²) in [5, 5.41) is 2.50. The highest BCUT2D eigenvalue weighted by molar-refractivity contribution is 5.85. The normalized spacial score (nSPS) is 10.2. The highest BCUT2D eigenvalue weighted by Gasteiger charge is 1.99. The van der Waals surface area contributed by atoms with E-state index in [0.29, 0.717) is 0 Å². The van der Waals surface area contributed by atoms with Crippen molar-refractivity contribution < 1.29 is 4.79 Å². The van der Waals surface area contributed by atoms with E-state index in [2.05, 4.69) is 17.2 Å². The first kappa shape index (κ1) is 10.9. The van der Waals surface area contributed by atoms with Gasteiger partial charge in [-0.1, -0.05) is 13.3 Å². The van der Waals surface area contributed by atoms with Crippen LogP contribution in [0.4, 0.5) is 4.79 Å². The SMILES string of the molecule is CCCCN=CN(C)C(=O)NC. The summed E-state index contributed by atoms with van der Waals surface area (Å²) in [6, 6.07) is -0.143. The maximum atomic E-state index is 10.9. The number of carbonyl (C=O) groups excluding carboxylic acids is 1. The molecule has 12 heavy (non-hydrogen) atoms. The first-order valence-electron chi connectivity index (χ1n) is 4.16. The molecule has 0 fully saturated rings. The zero-order chi connectivity index (χ0) is 9.40. The van der Waals surface area contributed by atoms with Gasteiger partial charge in [0.2, 0.25) is 0 Å². The van der Waals surface area contributed by atoms with Gasteiger partial charge >= 0.3 is 6.03 Å². The van der Waals surface area contributed by atoms with E-state index in [9.17, 15) is 4.79 Å². The van der Waals surface area contributed by atoms with Gasteiger partial charge in [0.1, 0.15) is 0 Å². The molecule has 0 radical (unpaired) electrons. The molecule has 0 saturated heterocycles. The van der Waals surface area contributed by atoms with Gasteiger partial charge in [0, 0.05) is 20.6 Å². The Morgan fingerprint density at radius 2 is 2.33 bits per heavy atom. The Labute approximate surface area is 73.7 Å². The molecule has 0 heterocycles. The van der Waals surface area contributed by atoms with Crippen molar-refractivity contribution in [1.29, 1.82) is 0 Å². The van der Waals surface area contributed by atoms with Crippen molar-refractivity contribution >= 4 is 12.4 Å². The number of nitrogens with one attached hydrogen (secondary N) is 1. The Balaban J connectivity index is 3.60. The zero-order valence-corrected chi connectivity index (χ0v) is 8.00. The van der Waals surface area contributed by atoms with Crippen LogP contribution >= 0.6 is 0 Å². The Kier molecular flexibility index (Phi) is 6.05. The molecule has 70 valence electrons. The van der Waals surface area contributed by atoms with Gasteiger partial charge < -0.3 is 5.32 Å². The lowest BCUT2D eigenvalue weighted by Gasteiger charge is -2.08. The summed E-state index contributed by atoms with van der Waals surface area (Å²) < 4.78 is 0. The molecular weight excluding hydrogens is 154 g/mol. The van der Waals surface area contributed by atoms with Crippen molar-refractivity contribution in [2.75, 3.05) is 20.6 Å². The molecule has 0 aliphatic rings. The summed E-state index contributed by atoms with van der Waals surface area (Å²) >= 11 is 0. The molecule has 4 heteroatoms. The van der Waals surface area contributed by atoms with Crippen LogP contribution in [-0.2, 0) is 0 Å². The van der Waals surface area contributed by atoms with Crippen molar-refractivity contribution in [1.82, 2.24) is 10.2 Å². The second-order valence-corrected chi connectivity index (χ2v) is 2.54. The van der Waals surface area contributed by atoms with Gasteiger partial charge in [-0.05, 0) is 6.42 Å². The summed E-state index contributed by atoms with van der Waals surface area (Å²) in [5.74, 6) is 0. The lowest BCUT2D eigenvalue weighted by atomic mass is 10.3. The fourth-order valence-corrected chi connectivity index (χ4v) is 0.658. The summed E-state index contributed by atoms with van der Waals surface area (Å²) in [7, 11) is 3.27. The fraction of sp³-hybridized carbons (Fsp3) is 0.750. The third-order valence-corrected chi connectivity index (χ3v) is 1.43. The third-order valence-electron chi connectivity index (χ3n) is 1.43. The van der Waals surface area contributed by atoms with Gasteiger partial charge in [0.25, 0.3) is 0 Å². The molecule has 0 spiro atoms. The summed E-state index contributed by atoms with van der Waals surface area (Å²) in [5.41, 5.74) is 0. The quantitative estimate of drug-likeness (QED) is 0.384. The molecule has 2 amide bonds. The van der Waals surface area contributed by atoms with Crippen LogP contribution in [0.15, 0.2) is 4.99 Å². The van der Waals surface area contributed by atoms with Crippen molar-refractivity contribution in [3.63, 3.8) is 0 Å². The molecule has 0 bridgehead atoms. The average molecular weight is 171 g/mol. The van der Waals surface area contributed by atoms with Crippen LogP contribution < -0.4 is 5.32 Å². The molecule has 0 aromatic rings. The van der Waals surface area contributed by atoms with Gasteiger partial charge in [-0.15, -0.1) is 0 Å². The predicted molar refractivity (Wildman–Crippen MR) is 50.5 cm³/mol. The summed E-state index contributed by atoms with van der Waals surface area (Å²) in [4.78, 5) is 16.4. The second kappa shape index (κ2) is 6.64. The summed E-state index contributed by atoms with van der Waals surface area (Å²) in [6.07, 6.45) is 3.74. The molecule has 0 aliphatic carbocycles. The molecule has 0 atom stereocenters. The van der Waals surface area contributed by atoms with Gasteiger partial charge in [0.15, 0.2) is 0 Å². The molecule has 0 rings (SSSR count). The highest BCUT2D eigenvalue weighted by Crippen LogP contribution is 1.86. The largest absolute Gasteiger partial charge is 0.341 e. The van der Waals surface area contributed by atoms with Crippen molar-refractivity contribution in [2.24, 2.45) is 4.99 Å². The van der Waals surface area contributed by atoms with E-state index in [-0.39, 0.29) is 6.03 Å². The maximum absolute atomic E-state index is 10.9. The fourth-order valence-electron chi connectivity index (χ4n) is 0.658. The first-order valence-corrected chi connectivity index (χ1v) is 4.16. The Morgan fingerprint density at radius 3 is 2.83 bits per heavy atom. The van der Waals surface area contributed by atoms with E-state index in [1.807, 2.05) is 0 Å². The minimum atomic E-state index is -0.143. The van der Waals surface area contributed by atoms with Gasteiger partial charge in [-0.3, -0.25) is 9.89 Å². The van der Waals surface area contributed by atoms with Crippen LogP contribution in [-0.4, -0.2) is 37.9 Å². The third kappa shape index (κ3) is 4.71. The first-order chi connectivity index (χ1) is 5.72. The zero-order valence-electron chi connectivity index (χ0n) is 8.00. The van der Waals surface area contributed by atoms with Crippen LogP contribution in [0.3, 0.4) is 0 Å². The number of rotatable bonds is 4. The molecule has 0 unspecified atom stereocenters. The monoisotopic (exact) mass is 171 g/mol. The second-order valence-electron chi connectivity index (χ2n) is 2.54. The Morgan fingerprint density at radius 1 is 1.67 bits per heavy atom. The van der Waals surface area contributed by atoms with Crippen LogP contribution in [0.25, 0.3) is 0 Å². The van der Waals surface area contributed by atoms with E-state index in [4.69, 9.17) is 0 Å². The maximum Gasteiger partial charge on any atom is 0.322 e. The van der Waals surface area contributed by atoms with Gasteiger partial charge in [-0.2, -0.15) is 0 Å².